The molecule has 0 aliphatic rings. The van der Waals surface area contributed by atoms with Gasteiger partial charge in [-0.15, -0.1) is 0 Å². The molecular formula is C13H23FN2O. The average Bonchev–Trinajstić information content (AvgIpc) is 2.32. The van der Waals surface area contributed by atoms with Crippen LogP contribution in [0.15, 0.2) is 23.6 Å². The van der Waals surface area contributed by atoms with Crippen molar-refractivity contribution in [2.45, 2.75) is 39.7 Å². The molecule has 3 nitrogen and oxygen atoms in total. The summed E-state index contributed by atoms with van der Waals surface area (Å²) < 4.78 is 12.7. The third-order valence-electron chi connectivity index (χ3n) is 2.75. The van der Waals surface area contributed by atoms with Crippen molar-refractivity contribution < 1.29 is 9.18 Å². The molecule has 0 saturated heterocycles. The molecule has 4 heteroatoms. The molecule has 0 aromatic carbocycles. The van der Waals surface area contributed by atoms with Gasteiger partial charge in [0.2, 0.25) is 0 Å². The first-order valence-electron chi connectivity index (χ1n) is 5.95. The third kappa shape index (κ3) is 5.02. The van der Waals surface area contributed by atoms with Crippen molar-refractivity contribution in [2.75, 3.05) is 14.1 Å². The molecule has 17 heavy (non-hydrogen) atoms. The summed E-state index contributed by atoms with van der Waals surface area (Å²) in [5.41, 5.74) is 1.05. The molecule has 0 aliphatic heterocycles. The minimum absolute atomic E-state index is 0.00977. The lowest BCUT2D eigenvalue weighted by atomic mass is 10.0. The van der Waals surface area contributed by atoms with Crippen molar-refractivity contribution in [1.82, 2.24) is 10.2 Å². The van der Waals surface area contributed by atoms with E-state index in [2.05, 4.69) is 5.32 Å². The summed E-state index contributed by atoms with van der Waals surface area (Å²) in [6, 6.07) is -0.118. The maximum absolute atomic E-state index is 12.7. The van der Waals surface area contributed by atoms with Crippen LogP contribution in [0.25, 0.3) is 0 Å². The smallest absolute Gasteiger partial charge is 0.317 e. The first kappa shape index (κ1) is 15.7. The zero-order valence-electron chi connectivity index (χ0n) is 11.4. The van der Waals surface area contributed by atoms with Crippen LogP contribution in [0.3, 0.4) is 0 Å². The number of rotatable bonds is 5. The summed E-state index contributed by atoms with van der Waals surface area (Å²) >= 11 is 0. The molecule has 0 spiro atoms. The first-order valence-corrected chi connectivity index (χ1v) is 5.95. The Hall–Kier alpha value is -1.32. The minimum atomic E-state index is -0.228. The van der Waals surface area contributed by atoms with E-state index in [-0.39, 0.29) is 17.9 Å². The van der Waals surface area contributed by atoms with Crippen molar-refractivity contribution in [3.8, 4) is 0 Å². The standard InChI is InChI=1S/C13H23FN2O/c1-6-11(9-8-10(3)14)12(7-2)16(5)13(17)15-4/h8-9,12H,6-7H2,1-5H3,(H,15,17). The molecule has 0 saturated carbocycles. The Morgan fingerprint density at radius 3 is 2.35 bits per heavy atom. The number of carbonyl (C=O) groups excluding carboxylic acids is 1. The van der Waals surface area contributed by atoms with Gasteiger partial charge in [-0.2, -0.15) is 0 Å². The Bertz CT molecular complexity index is 307. The van der Waals surface area contributed by atoms with Crippen LogP contribution < -0.4 is 5.32 Å². The number of hydrogen-bond acceptors (Lipinski definition) is 1. The highest BCUT2D eigenvalue weighted by Gasteiger charge is 2.19. The van der Waals surface area contributed by atoms with E-state index in [4.69, 9.17) is 0 Å². The number of urea groups is 1. The van der Waals surface area contributed by atoms with Gasteiger partial charge in [0.15, 0.2) is 0 Å². The summed E-state index contributed by atoms with van der Waals surface area (Å²) in [6.07, 6.45) is 4.81. The van der Waals surface area contributed by atoms with Crippen LogP contribution in [0.4, 0.5) is 9.18 Å². The van der Waals surface area contributed by atoms with E-state index in [1.54, 1.807) is 25.1 Å². The van der Waals surface area contributed by atoms with Crippen molar-refractivity contribution >= 4 is 6.03 Å². The predicted octanol–water partition coefficient (Wildman–Crippen LogP) is 3.25. The van der Waals surface area contributed by atoms with E-state index in [1.165, 1.54) is 13.0 Å². The summed E-state index contributed by atoms with van der Waals surface area (Å²) in [4.78, 5) is 13.2. The Balaban J connectivity index is 5.00. The number of allylic oxidation sites excluding steroid dienone is 3. The van der Waals surface area contributed by atoms with Crippen molar-refractivity contribution in [1.29, 1.82) is 0 Å². The van der Waals surface area contributed by atoms with E-state index in [1.807, 2.05) is 13.8 Å². The van der Waals surface area contributed by atoms with Crippen LogP contribution >= 0.6 is 0 Å². The summed E-state index contributed by atoms with van der Waals surface area (Å²) in [5.74, 6) is -0.228. The second kappa shape index (κ2) is 7.87. The van der Waals surface area contributed by atoms with Gasteiger partial charge in [-0.25, -0.2) is 9.18 Å². The van der Waals surface area contributed by atoms with Gasteiger partial charge >= 0.3 is 6.03 Å². The highest BCUT2D eigenvalue weighted by molar-refractivity contribution is 5.74. The van der Waals surface area contributed by atoms with Gasteiger partial charge in [0.25, 0.3) is 0 Å². The SMILES string of the molecule is CCC(=CC=C(C)F)C(CC)N(C)C(=O)NC. The van der Waals surface area contributed by atoms with Crippen LogP contribution in [0.5, 0.6) is 0 Å². The molecular weight excluding hydrogens is 219 g/mol. The minimum Gasteiger partial charge on any atom is -0.341 e. The van der Waals surface area contributed by atoms with Crippen LogP contribution in [0.2, 0.25) is 0 Å². The fourth-order valence-corrected chi connectivity index (χ4v) is 1.79. The predicted molar refractivity (Wildman–Crippen MR) is 69.5 cm³/mol. The highest BCUT2D eigenvalue weighted by Crippen LogP contribution is 2.17. The topological polar surface area (TPSA) is 32.3 Å². The molecule has 2 amide bonds. The second-order valence-corrected chi connectivity index (χ2v) is 3.94. The average molecular weight is 242 g/mol. The monoisotopic (exact) mass is 242 g/mol. The Morgan fingerprint density at radius 2 is 2.00 bits per heavy atom. The molecule has 0 aromatic heterocycles. The van der Waals surface area contributed by atoms with Crippen molar-refractivity contribution in [3.05, 3.63) is 23.6 Å². The second-order valence-electron chi connectivity index (χ2n) is 3.94. The number of carbonyl (C=O) groups is 1. The molecule has 0 fully saturated rings. The lowest BCUT2D eigenvalue weighted by molar-refractivity contribution is 0.197. The fraction of sp³-hybridized carbons (Fsp3) is 0.615. The number of amides is 2. The maximum Gasteiger partial charge on any atom is 0.317 e. The quantitative estimate of drug-likeness (QED) is 0.737. The van der Waals surface area contributed by atoms with Gasteiger partial charge in [0.05, 0.1) is 11.9 Å². The molecule has 1 N–H and O–H groups in total. The zero-order chi connectivity index (χ0) is 13.4. The van der Waals surface area contributed by atoms with Crippen LogP contribution in [0, 0.1) is 0 Å². The molecule has 1 atom stereocenters. The summed E-state index contributed by atoms with van der Waals surface area (Å²) in [5, 5.41) is 2.59. The lowest BCUT2D eigenvalue weighted by Crippen LogP contribution is -2.42. The number of nitrogens with one attached hydrogen (secondary N) is 1. The van der Waals surface area contributed by atoms with Crippen molar-refractivity contribution in [3.63, 3.8) is 0 Å². The molecule has 0 aromatic rings. The maximum atomic E-state index is 12.7. The molecule has 0 radical (unpaired) electrons. The van der Waals surface area contributed by atoms with Gasteiger partial charge in [-0.1, -0.05) is 19.9 Å². The van der Waals surface area contributed by atoms with Gasteiger partial charge in [-0.05, 0) is 31.4 Å². The van der Waals surface area contributed by atoms with E-state index >= 15 is 0 Å². The summed E-state index contributed by atoms with van der Waals surface area (Å²) in [6.45, 7) is 5.43. The molecule has 0 rings (SSSR count). The van der Waals surface area contributed by atoms with Crippen LogP contribution in [-0.2, 0) is 0 Å². The molecule has 1 unspecified atom stereocenters. The van der Waals surface area contributed by atoms with E-state index in [0.29, 0.717) is 0 Å². The van der Waals surface area contributed by atoms with E-state index < -0.39 is 0 Å². The Labute approximate surface area is 103 Å². The molecule has 98 valence electrons. The fourth-order valence-electron chi connectivity index (χ4n) is 1.79. The zero-order valence-corrected chi connectivity index (χ0v) is 11.4. The normalized spacial score (nSPS) is 14.5. The van der Waals surface area contributed by atoms with Gasteiger partial charge in [0, 0.05) is 14.1 Å². The molecule has 0 bridgehead atoms. The van der Waals surface area contributed by atoms with Gasteiger partial charge < -0.3 is 10.2 Å². The number of hydrogen-bond donors (Lipinski definition) is 1. The summed E-state index contributed by atoms with van der Waals surface area (Å²) in [7, 11) is 3.36. The van der Waals surface area contributed by atoms with Crippen LogP contribution in [0.1, 0.15) is 33.6 Å². The van der Waals surface area contributed by atoms with E-state index in [9.17, 15) is 9.18 Å². The molecule has 0 heterocycles. The Kier molecular flexibility index (Phi) is 7.26. The third-order valence-corrected chi connectivity index (χ3v) is 2.75. The number of likely N-dealkylation sites (N-methyl/N-ethyl adjacent to an activating group) is 1. The van der Waals surface area contributed by atoms with Crippen LogP contribution in [-0.4, -0.2) is 31.1 Å². The van der Waals surface area contributed by atoms with E-state index in [0.717, 1.165) is 18.4 Å². The largest absolute Gasteiger partial charge is 0.341 e. The van der Waals surface area contributed by atoms with Gasteiger partial charge in [0.1, 0.15) is 0 Å². The number of halogens is 1. The Morgan fingerprint density at radius 1 is 1.41 bits per heavy atom. The molecule has 0 aliphatic carbocycles. The lowest BCUT2D eigenvalue weighted by Gasteiger charge is -2.28. The number of nitrogens with zero attached hydrogens (tertiary/aromatic N) is 1. The van der Waals surface area contributed by atoms with Gasteiger partial charge in [-0.3, -0.25) is 0 Å². The highest BCUT2D eigenvalue weighted by atomic mass is 19.1. The van der Waals surface area contributed by atoms with Crippen molar-refractivity contribution in [2.24, 2.45) is 0 Å². The first-order chi connectivity index (χ1) is 7.97.